The summed E-state index contributed by atoms with van der Waals surface area (Å²) in [6.45, 7) is 9.23. The molecule has 0 heterocycles. The van der Waals surface area contributed by atoms with E-state index in [4.69, 9.17) is 9.84 Å². The maximum absolute atomic E-state index is 9.21. The molecule has 0 saturated heterocycles. The fourth-order valence-electron chi connectivity index (χ4n) is 4.79. The lowest BCUT2D eigenvalue weighted by Gasteiger charge is -2.31. The van der Waals surface area contributed by atoms with Crippen LogP contribution in [-0.4, -0.2) is 22.4 Å². The second kappa shape index (κ2) is 17.5. The van der Waals surface area contributed by atoms with Crippen LogP contribution in [0.1, 0.15) is 86.5 Å². The molecule has 36 heavy (non-hydrogen) atoms. The van der Waals surface area contributed by atoms with E-state index in [1.807, 2.05) is 24.3 Å². The number of benzene rings is 2. The number of phenols is 1. The molecule has 2 aliphatic carbocycles. The van der Waals surface area contributed by atoms with Crippen LogP contribution in [0.25, 0.3) is 0 Å². The summed E-state index contributed by atoms with van der Waals surface area (Å²) in [5.74, 6) is 4.72. The maximum atomic E-state index is 9.21. The van der Waals surface area contributed by atoms with Gasteiger partial charge in [-0.1, -0.05) is 67.0 Å². The van der Waals surface area contributed by atoms with Crippen LogP contribution in [0.15, 0.2) is 57.5 Å². The Morgan fingerprint density at radius 3 is 1.44 bits per heavy atom. The number of aliphatic hydroxyl groups excluding tert-OH is 1. The van der Waals surface area contributed by atoms with Gasteiger partial charge in [0.25, 0.3) is 0 Å². The summed E-state index contributed by atoms with van der Waals surface area (Å²) in [6, 6.07) is 15.0. The Labute approximate surface area is 237 Å². The molecule has 5 heteroatoms. The van der Waals surface area contributed by atoms with Crippen molar-refractivity contribution >= 4 is 31.9 Å². The SMILES string of the molecule is C.CC(C)C1CCC(O)CC1.CC(C)C1CCC(Oc2ccc(Br)cc2)CC1.Oc1ccc(Br)cc1. The first-order chi connectivity index (χ1) is 16.6. The number of aromatic hydroxyl groups is 1. The average molecular weight is 629 g/mol. The standard InChI is InChI=1S/C15H21BrO.C9H18O.C6H5BrO.CH4/c1-11(2)12-3-7-14(8-4-12)17-15-9-5-13(16)6-10-15;1-7(2)8-3-5-9(10)6-4-8;7-5-1-3-6(8)4-2-5;/h5-6,9-12,14H,3-4,7-8H2,1-2H3;7-10H,3-6H2,1-2H3;1-4,8H;1H4. The van der Waals surface area contributed by atoms with E-state index in [0.29, 0.717) is 11.9 Å². The Morgan fingerprint density at radius 2 is 1.06 bits per heavy atom. The van der Waals surface area contributed by atoms with Crippen LogP contribution in [0, 0.1) is 23.7 Å². The molecular formula is C31H48Br2O3. The molecule has 3 nitrogen and oxygen atoms in total. The van der Waals surface area contributed by atoms with Gasteiger partial charge in [0, 0.05) is 8.95 Å². The zero-order valence-corrected chi connectivity index (χ0v) is 25.0. The van der Waals surface area contributed by atoms with E-state index in [-0.39, 0.29) is 13.5 Å². The predicted molar refractivity (Wildman–Crippen MR) is 161 cm³/mol. The van der Waals surface area contributed by atoms with Crippen LogP contribution < -0.4 is 4.74 Å². The number of hydrogen-bond donors (Lipinski definition) is 2. The van der Waals surface area contributed by atoms with Gasteiger partial charge in [-0.25, -0.2) is 0 Å². The van der Waals surface area contributed by atoms with Crippen LogP contribution in [0.3, 0.4) is 0 Å². The summed E-state index contributed by atoms with van der Waals surface area (Å²) in [5.41, 5.74) is 0. The number of rotatable bonds is 4. The van der Waals surface area contributed by atoms with Crippen molar-refractivity contribution in [3.8, 4) is 11.5 Å². The number of halogens is 2. The fraction of sp³-hybridized carbons (Fsp3) is 0.613. The van der Waals surface area contributed by atoms with Gasteiger partial charge in [-0.05, 0) is 124 Å². The van der Waals surface area contributed by atoms with Crippen molar-refractivity contribution in [2.45, 2.75) is 98.7 Å². The minimum absolute atomic E-state index is 0. The van der Waals surface area contributed by atoms with Crippen molar-refractivity contribution < 1.29 is 14.9 Å². The molecule has 2 aromatic rings. The maximum Gasteiger partial charge on any atom is 0.119 e. The molecule has 204 valence electrons. The van der Waals surface area contributed by atoms with Crippen LogP contribution in [0.4, 0.5) is 0 Å². The van der Waals surface area contributed by atoms with Crippen LogP contribution in [0.2, 0.25) is 0 Å². The summed E-state index contributed by atoms with van der Waals surface area (Å²) in [7, 11) is 0. The van der Waals surface area contributed by atoms with Gasteiger partial charge in [0.05, 0.1) is 12.2 Å². The van der Waals surface area contributed by atoms with E-state index < -0.39 is 0 Å². The zero-order chi connectivity index (χ0) is 25.8. The number of hydrogen-bond acceptors (Lipinski definition) is 3. The summed E-state index contributed by atoms with van der Waals surface area (Å²) in [6.07, 6.45) is 10.0. The molecule has 0 radical (unpaired) electrons. The third-order valence-corrected chi connectivity index (χ3v) is 8.35. The molecule has 0 unspecified atom stereocenters. The van der Waals surface area contributed by atoms with Gasteiger partial charge in [0.2, 0.25) is 0 Å². The number of phenolic OH excluding ortho intramolecular Hbond substituents is 1. The van der Waals surface area contributed by atoms with Crippen molar-refractivity contribution in [1.29, 1.82) is 0 Å². The van der Waals surface area contributed by atoms with Gasteiger partial charge in [-0.3, -0.25) is 0 Å². The summed E-state index contributed by atoms with van der Waals surface area (Å²) < 4.78 is 8.10. The lowest BCUT2D eigenvalue weighted by atomic mass is 9.80. The van der Waals surface area contributed by atoms with Gasteiger partial charge in [0.1, 0.15) is 11.5 Å². The van der Waals surface area contributed by atoms with Gasteiger partial charge >= 0.3 is 0 Å². The van der Waals surface area contributed by atoms with E-state index in [1.54, 1.807) is 24.3 Å². The molecule has 0 spiro atoms. The van der Waals surface area contributed by atoms with Crippen molar-refractivity contribution in [3.05, 3.63) is 57.5 Å². The summed E-state index contributed by atoms with van der Waals surface area (Å²) in [5, 5.41) is 17.9. The molecular weight excluding hydrogens is 580 g/mol. The largest absolute Gasteiger partial charge is 0.508 e. The van der Waals surface area contributed by atoms with E-state index >= 15 is 0 Å². The van der Waals surface area contributed by atoms with Crippen molar-refractivity contribution in [3.63, 3.8) is 0 Å². The highest BCUT2D eigenvalue weighted by Gasteiger charge is 2.24. The summed E-state index contributed by atoms with van der Waals surface area (Å²) in [4.78, 5) is 0. The topological polar surface area (TPSA) is 49.7 Å². The molecule has 2 N–H and O–H groups in total. The van der Waals surface area contributed by atoms with Crippen LogP contribution in [-0.2, 0) is 0 Å². The molecule has 0 atom stereocenters. The lowest BCUT2D eigenvalue weighted by Crippen LogP contribution is -2.26. The molecule has 0 bridgehead atoms. The zero-order valence-electron chi connectivity index (χ0n) is 21.8. The Kier molecular flexibility index (Phi) is 16.0. The monoisotopic (exact) mass is 626 g/mol. The predicted octanol–water partition coefficient (Wildman–Crippen LogP) is 10.0. The van der Waals surface area contributed by atoms with E-state index in [0.717, 1.165) is 51.2 Å². The lowest BCUT2D eigenvalue weighted by molar-refractivity contribution is 0.0963. The second-order valence-corrected chi connectivity index (χ2v) is 12.5. The smallest absolute Gasteiger partial charge is 0.119 e. The Hall–Kier alpha value is -1.04. The average Bonchev–Trinajstić information content (AvgIpc) is 2.84. The third-order valence-electron chi connectivity index (χ3n) is 7.29. The molecule has 2 aromatic carbocycles. The van der Waals surface area contributed by atoms with Crippen LogP contribution >= 0.6 is 31.9 Å². The molecule has 0 amide bonds. The van der Waals surface area contributed by atoms with Gasteiger partial charge in [0.15, 0.2) is 0 Å². The van der Waals surface area contributed by atoms with Crippen molar-refractivity contribution in [2.24, 2.45) is 23.7 Å². The molecule has 2 aliphatic rings. The fourth-order valence-corrected chi connectivity index (χ4v) is 5.32. The Bertz CT molecular complexity index is 784. The molecule has 0 aliphatic heterocycles. The van der Waals surface area contributed by atoms with E-state index in [1.165, 1.54) is 38.5 Å². The molecule has 0 aromatic heterocycles. The first-order valence-electron chi connectivity index (χ1n) is 13.2. The van der Waals surface area contributed by atoms with Crippen LogP contribution in [0.5, 0.6) is 11.5 Å². The van der Waals surface area contributed by atoms with Crippen molar-refractivity contribution in [1.82, 2.24) is 0 Å². The third kappa shape index (κ3) is 13.0. The highest BCUT2D eigenvalue weighted by atomic mass is 79.9. The van der Waals surface area contributed by atoms with Gasteiger partial charge < -0.3 is 14.9 Å². The minimum atomic E-state index is 0. The summed E-state index contributed by atoms with van der Waals surface area (Å²) >= 11 is 6.67. The highest BCUT2D eigenvalue weighted by Crippen LogP contribution is 2.32. The first kappa shape index (κ1) is 33.0. The highest BCUT2D eigenvalue weighted by molar-refractivity contribution is 9.10. The molecule has 2 saturated carbocycles. The molecule has 2 fully saturated rings. The number of ether oxygens (including phenoxy) is 1. The Morgan fingerprint density at radius 1 is 0.667 bits per heavy atom. The number of aliphatic hydroxyl groups is 1. The molecule has 4 rings (SSSR count). The van der Waals surface area contributed by atoms with Crippen molar-refractivity contribution in [2.75, 3.05) is 0 Å². The first-order valence-corrected chi connectivity index (χ1v) is 14.8. The quantitative estimate of drug-likeness (QED) is 0.354. The normalized spacial score (nSPS) is 23.5. The Balaban J connectivity index is 0.000000291. The van der Waals surface area contributed by atoms with Gasteiger partial charge in [-0.15, -0.1) is 0 Å². The van der Waals surface area contributed by atoms with Gasteiger partial charge in [-0.2, -0.15) is 0 Å². The van der Waals surface area contributed by atoms with E-state index in [9.17, 15) is 5.11 Å². The second-order valence-electron chi connectivity index (χ2n) is 10.6. The minimum Gasteiger partial charge on any atom is -0.508 e. The van der Waals surface area contributed by atoms with E-state index in [2.05, 4.69) is 59.6 Å².